The van der Waals surface area contributed by atoms with Crippen molar-refractivity contribution in [1.82, 2.24) is 24.8 Å². The van der Waals surface area contributed by atoms with E-state index in [9.17, 15) is 5.11 Å². The monoisotopic (exact) mass is 558 g/mol. The predicted octanol–water partition coefficient (Wildman–Crippen LogP) is 5.83. The summed E-state index contributed by atoms with van der Waals surface area (Å²) >= 11 is 6.55. The van der Waals surface area contributed by atoms with Gasteiger partial charge in [0, 0.05) is 53.8 Å². The van der Waals surface area contributed by atoms with Gasteiger partial charge in [0.1, 0.15) is 0 Å². The molecule has 1 aliphatic heterocycles. The number of rotatable bonds is 9. The fraction of sp³-hybridized carbons (Fsp3) is 0.438. The Kier molecular flexibility index (Phi) is 7.82. The van der Waals surface area contributed by atoms with E-state index in [1.165, 1.54) is 16.7 Å². The molecule has 1 saturated carbocycles. The highest BCUT2D eigenvalue weighted by atomic mass is 35.5. The molecule has 40 heavy (non-hydrogen) atoms. The number of hydrogen-bond acceptors (Lipinski definition) is 6. The predicted molar refractivity (Wildman–Crippen MR) is 163 cm³/mol. The molecule has 7 nitrogen and oxygen atoms in total. The summed E-state index contributed by atoms with van der Waals surface area (Å²) in [5, 5.41) is 14.9. The Morgan fingerprint density at radius 3 is 2.83 bits per heavy atom. The molecule has 2 aromatic heterocycles. The van der Waals surface area contributed by atoms with Gasteiger partial charge < -0.3 is 20.3 Å². The molecule has 3 unspecified atom stereocenters. The number of aliphatic hydroxyl groups is 1. The third-order valence-electron chi connectivity index (χ3n) is 8.46. The Hall–Kier alpha value is -2.97. The minimum absolute atomic E-state index is 0.274. The highest BCUT2D eigenvalue weighted by Gasteiger charge is 2.39. The smallest absolute Gasteiger partial charge is 0.223 e. The van der Waals surface area contributed by atoms with E-state index in [-0.39, 0.29) is 6.10 Å². The third kappa shape index (κ3) is 6.03. The number of likely N-dealkylation sites (tertiary alicyclic amines) is 1. The Morgan fingerprint density at radius 2 is 2.02 bits per heavy atom. The van der Waals surface area contributed by atoms with Crippen molar-refractivity contribution in [1.29, 1.82) is 0 Å². The lowest BCUT2D eigenvalue weighted by atomic mass is 10.0. The molecule has 1 aliphatic carbocycles. The lowest BCUT2D eigenvalue weighted by molar-refractivity contribution is 0.0796. The van der Waals surface area contributed by atoms with Crippen LogP contribution in [0.15, 0.2) is 54.9 Å². The third-order valence-corrected chi connectivity index (χ3v) is 8.74. The van der Waals surface area contributed by atoms with Crippen molar-refractivity contribution in [3.63, 3.8) is 0 Å². The summed E-state index contributed by atoms with van der Waals surface area (Å²) in [6.07, 6.45) is 6.77. The van der Waals surface area contributed by atoms with Crippen LogP contribution in [-0.2, 0) is 6.54 Å². The van der Waals surface area contributed by atoms with E-state index in [0.29, 0.717) is 29.0 Å². The molecule has 4 aromatic rings. The summed E-state index contributed by atoms with van der Waals surface area (Å²) in [7, 11) is 2.13. The summed E-state index contributed by atoms with van der Waals surface area (Å²) in [6.45, 7) is 7.88. The van der Waals surface area contributed by atoms with Crippen molar-refractivity contribution in [3.8, 4) is 11.3 Å². The topological polar surface area (TPSA) is 80.3 Å². The van der Waals surface area contributed by atoms with Crippen molar-refractivity contribution < 1.29 is 5.11 Å². The summed E-state index contributed by atoms with van der Waals surface area (Å²) in [6, 6.07) is 16.3. The normalized spacial score (nSPS) is 20.8. The summed E-state index contributed by atoms with van der Waals surface area (Å²) in [4.78, 5) is 17.5. The zero-order valence-electron chi connectivity index (χ0n) is 23.6. The number of anilines is 1. The maximum atomic E-state index is 9.71. The molecule has 0 amide bonds. The Labute approximate surface area is 241 Å². The van der Waals surface area contributed by atoms with Crippen LogP contribution in [-0.4, -0.2) is 74.7 Å². The number of aromatic nitrogens is 3. The van der Waals surface area contributed by atoms with Crippen LogP contribution in [0.25, 0.3) is 22.2 Å². The first kappa shape index (κ1) is 27.2. The lowest BCUT2D eigenvalue weighted by Gasteiger charge is -2.37. The molecule has 8 heteroatoms. The number of likely N-dealkylation sites (N-methyl/N-ethyl adjacent to an activating group) is 1. The van der Waals surface area contributed by atoms with Crippen LogP contribution in [0.2, 0.25) is 5.02 Å². The minimum atomic E-state index is -0.274. The summed E-state index contributed by atoms with van der Waals surface area (Å²) in [5.41, 5.74) is 6.77. The quantitative estimate of drug-likeness (QED) is 0.240. The van der Waals surface area contributed by atoms with Gasteiger partial charge in [0.25, 0.3) is 0 Å². The van der Waals surface area contributed by atoms with Gasteiger partial charge in [-0.25, -0.2) is 9.97 Å². The number of halogens is 1. The fourth-order valence-corrected chi connectivity index (χ4v) is 6.41. The Balaban J connectivity index is 1.07. The van der Waals surface area contributed by atoms with Crippen molar-refractivity contribution in [2.45, 2.75) is 63.8 Å². The maximum Gasteiger partial charge on any atom is 0.223 e. The zero-order chi connectivity index (χ0) is 27.8. The number of nitrogens with zero attached hydrogens (tertiary/aromatic N) is 4. The lowest BCUT2D eigenvalue weighted by Crippen LogP contribution is -2.44. The standard InChI is InChI=1S/C32H39ClN6O/c1-20-7-8-25-27(16-34-29(25)13-20)31-28(33)17-35-32(37-31)36-30-15-26(30)23-6-4-5-22(14-23)19-39-11-9-24(10-12-39)38(3)18-21(2)40/h4-8,13-14,16-17,21,24,26,30,34,40H,9-12,15,18-19H2,1-3H3,(H,35,36,37). The van der Waals surface area contributed by atoms with Gasteiger partial charge in [0.05, 0.1) is 23.0 Å². The van der Waals surface area contributed by atoms with E-state index < -0.39 is 0 Å². The van der Waals surface area contributed by atoms with Crippen LogP contribution in [0.3, 0.4) is 0 Å². The van der Waals surface area contributed by atoms with Crippen molar-refractivity contribution in [2.24, 2.45) is 0 Å². The number of aryl methyl sites for hydroxylation is 1. The van der Waals surface area contributed by atoms with Gasteiger partial charge >= 0.3 is 0 Å². The van der Waals surface area contributed by atoms with Gasteiger partial charge in [-0.15, -0.1) is 0 Å². The Morgan fingerprint density at radius 1 is 1.20 bits per heavy atom. The van der Waals surface area contributed by atoms with Gasteiger partial charge in [-0.1, -0.05) is 48.0 Å². The molecule has 2 fully saturated rings. The highest BCUT2D eigenvalue weighted by Crippen LogP contribution is 2.43. The first-order valence-corrected chi connectivity index (χ1v) is 14.8. The first-order valence-electron chi connectivity index (χ1n) is 14.4. The van der Waals surface area contributed by atoms with Crippen molar-refractivity contribution in [2.75, 3.05) is 32.0 Å². The number of piperidine rings is 1. The largest absolute Gasteiger partial charge is 0.392 e. The molecule has 0 spiro atoms. The number of aliphatic hydroxyl groups excluding tert-OH is 1. The second-order valence-electron chi connectivity index (χ2n) is 11.8. The van der Waals surface area contributed by atoms with Crippen LogP contribution in [0.1, 0.15) is 48.8 Å². The van der Waals surface area contributed by atoms with E-state index in [4.69, 9.17) is 16.6 Å². The molecule has 6 rings (SSSR count). The number of benzene rings is 2. The molecule has 0 radical (unpaired) electrons. The number of fused-ring (bicyclic) bond motifs is 1. The van der Waals surface area contributed by atoms with Gasteiger partial charge in [0.2, 0.25) is 5.95 Å². The molecule has 2 aliphatic rings. The second-order valence-corrected chi connectivity index (χ2v) is 12.2. The fourth-order valence-electron chi connectivity index (χ4n) is 6.21. The minimum Gasteiger partial charge on any atom is -0.392 e. The van der Waals surface area contributed by atoms with Gasteiger partial charge in [-0.3, -0.25) is 4.90 Å². The number of hydrogen-bond donors (Lipinski definition) is 3. The van der Waals surface area contributed by atoms with Crippen molar-refractivity contribution >= 4 is 28.5 Å². The molecule has 1 saturated heterocycles. The van der Waals surface area contributed by atoms with Crippen LogP contribution in [0, 0.1) is 6.92 Å². The molecule has 210 valence electrons. The van der Waals surface area contributed by atoms with E-state index in [0.717, 1.165) is 67.6 Å². The van der Waals surface area contributed by atoms with Crippen molar-refractivity contribution in [3.05, 3.63) is 76.6 Å². The molecule has 2 aromatic carbocycles. The van der Waals surface area contributed by atoms with Gasteiger partial charge in [-0.2, -0.15) is 0 Å². The average Bonchev–Trinajstić information content (AvgIpc) is 3.58. The summed E-state index contributed by atoms with van der Waals surface area (Å²) in [5.74, 6) is 1.08. The van der Waals surface area contributed by atoms with E-state index >= 15 is 0 Å². The van der Waals surface area contributed by atoms with E-state index in [1.807, 2.05) is 13.1 Å². The van der Waals surface area contributed by atoms with E-state index in [2.05, 4.69) is 81.5 Å². The second kappa shape index (κ2) is 11.5. The SMILES string of the molecule is Cc1ccc2c(-c3nc(NC4CC4c4cccc(CN5CCC(N(C)CC(C)O)CC5)c4)ncc3Cl)c[nH]c2c1. The maximum absolute atomic E-state index is 9.71. The first-order chi connectivity index (χ1) is 19.3. The molecule has 3 atom stereocenters. The zero-order valence-corrected chi connectivity index (χ0v) is 24.3. The van der Waals surface area contributed by atoms with E-state index in [1.54, 1.807) is 6.20 Å². The van der Waals surface area contributed by atoms with Gasteiger partial charge in [-0.05, 0) is 76.0 Å². The van der Waals surface area contributed by atoms with Crippen LogP contribution in [0.4, 0.5) is 5.95 Å². The number of H-pyrrole nitrogens is 1. The Bertz CT molecular complexity index is 1480. The number of aromatic amines is 1. The highest BCUT2D eigenvalue weighted by molar-refractivity contribution is 6.33. The van der Waals surface area contributed by atoms with Crippen LogP contribution >= 0.6 is 11.6 Å². The molecule has 3 heterocycles. The molecular formula is C32H39ClN6O. The number of nitrogens with one attached hydrogen (secondary N) is 2. The summed E-state index contributed by atoms with van der Waals surface area (Å²) < 4.78 is 0. The molecule has 0 bridgehead atoms. The van der Waals surface area contributed by atoms with Gasteiger partial charge in [0.15, 0.2) is 0 Å². The average molecular weight is 559 g/mol. The molecule has 3 N–H and O–H groups in total. The molecular weight excluding hydrogens is 520 g/mol. The van der Waals surface area contributed by atoms with Crippen LogP contribution < -0.4 is 5.32 Å². The van der Waals surface area contributed by atoms with Crippen LogP contribution in [0.5, 0.6) is 0 Å².